The molecule has 1 aromatic rings. The van der Waals surface area contributed by atoms with Gasteiger partial charge in [0.2, 0.25) is 0 Å². The summed E-state index contributed by atoms with van der Waals surface area (Å²) < 4.78 is 0. The molecule has 1 aromatic carbocycles. The number of benzene rings is 1. The molecule has 1 rings (SSSR count). The first-order valence-electron chi connectivity index (χ1n) is 5.69. The highest BCUT2D eigenvalue weighted by atomic mass is 16.6. The average molecular weight is 252 g/mol. The normalized spacial score (nSPS) is 11.0. The standard InChI is InChI=1S/C12H20N4O2/c1-13(2)9-14(3)10-15(4)11-7-5-6-8-12(11)16(17)18/h5-8H,9-10H2,1-4H3. The van der Waals surface area contributed by atoms with Gasteiger partial charge in [-0.25, -0.2) is 0 Å². The van der Waals surface area contributed by atoms with Crippen LogP contribution in [-0.2, 0) is 0 Å². The first-order valence-corrected chi connectivity index (χ1v) is 5.69. The predicted octanol–water partition coefficient (Wildman–Crippen LogP) is 1.44. The van der Waals surface area contributed by atoms with E-state index in [0.29, 0.717) is 12.4 Å². The van der Waals surface area contributed by atoms with Crippen LogP contribution in [0.2, 0.25) is 0 Å². The van der Waals surface area contributed by atoms with E-state index >= 15 is 0 Å². The quantitative estimate of drug-likeness (QED) is 0.435. The third-order valence-electron chi connectivity index (χ3n) is 2.47. The van der Waals surface area contributed by atoms with Gasteiger partial charge in [-0.2, -0.15) is 0 Å². The summed E-state index contributed by atoms with van der Waals surface area (Å²) in [6.07, 6.45) is 0. The van der Waals surface area contributed by atoms with E-state index in [1.54, 1.807) is 12.1 Å². The van der Waals surface area contributed by atoms with Crippen LogP contribution in [0.3, 0.4) is 0 Å². The summed E-state index contributed by atoms with van der Waals surface area (Å²) in [5.41, 5.74) is 0.770. The monoisotopic (exact) mass is 252 g/mol. The third kappa shape index (κ3) is 3.97. The summed E-state index contributed by atoms with van der Waals surface area (Å²) >= 11 is 0. The number of nitrogens with zero attached hydrogens (tertiary/aromatic N) is 4. The Labute approximate surface area is 108 Å². The largest absolute Gasteiger partial charge is 0.356 e. The van der Waals surface area contributed by atoms with Crippen LogP contribution in [0.1, 0.15) is 0 Å². The van der Waals surface area contributed by atoms with Gasteiger partial charge >= 0.3 is 0 Å². The van der Waals surface area contributed by atoms with Gasteiger partial charge < -0.3 is 4.90 Å². The minimum absolute atomic E-state index is 0.137. The van der Waals surface area contributed by atoms with E-state index in [9.17, 15) is 10.1 Å². The summed E-state index contributed by atoms with van der Waals surface area (Å²) in [4.78, 5) is 16.6. The Morgan fingerprint density at radius 3 is 2.28 bits per heavy atom. The third-order valence-corrected chi connectivity index (χ3v) is 2.47. The Balaban J connectivity index is 2.78. The number of nitro groups is 1. The maximum Gasteiger partial charge on any atom is 0.292 e. The minimum Gasteiger partial charge on any atom is -0.356 e. The van der Waals surface area contributed by atoms with Crippen LogP contribution >= 0.6 is 0 Å². The molecule has 0 heterocycles. The molecule has 0 radical (unpaired) electrons. The van der Waals surface area contributed by atoms with Gasteiger partial charge in [0.15, 0.2) is 0 Å². The van der Waals surface area contributed by atoms with Crippen LogP contribution in [0.4, 0.5) is 11.4 Å². The smallest absolute Gasteiger partial charge is 0.292 e. The number of para-hydroxylation sites is 2. The Hall–Kier alpha value is -1.66. The Bertz CT molecular complexity index is 409. The van der Waals surface area contributed by atoms with Crippen molar-refractivity contribution in [3.8, 4) is 0 Å². The van der Waals surface area contributed by atoms with Crippen LogP contribution in [-0.4, -0.2) is 56.3 Å². The second-order valence-corrected chi connectivity index (χ2v) is 4.66. The molecule has 0 N–H and O–H groups in total. The van der Waals surface area contributed by atoms with E-state index in [-0.39, 0.29) is 10.6 Å². The Morgan fingerprint density at radius 1 is 1.11 bits per heavy atom. The van der Waals surface area contributed by atoms with Gasteiger partial charge in [-0.05, 0) is 27.2 Å². The molecule has 18 heavy (non-hydrogen) atoms. The zero-order valence-corrected chi connectivity index (χ0v) is 11.3. The number of hydrogen-bond donors (Lipinski definition) is 0. The highest BCUT2D eigenvalue weighted by Crippen LogP contribution is 2.26. The van der Waals surface area contributed by atoms with Crippen molar-refractivity contribution in [2.45, 2.75) is 0 Å². The van der Waals surface area contributed by atoms with Gasteiger partial charge in [0, 0.05) is 13.1 Å². The van der Waals surface area contributed by atoms with Crippen molar-refractivity contribution in [3.63, 3.8) is 0 Å². The molecule has 100 valence electrons. The van der Waals surface area contributed by atoms with Crippen molar-refractivity contribution in [3.05, 3.63) is 34.4 Å². The molecule has 0 saturated heterocycles. The number of rotatable bonds is 6. The molecule has 0 aliphatic heterocycles. The number of anilines is 1. The second-order valence-electron chi connectivity index (χ2n) is 4.66. The lowest BCUT2D eigenvalue weighted by molar-refractivity contribution is -0.384. The van der Waals surface area contributed by atoms with E-state index in [1.807, 2.05) is 44.1 Å². The van der Waals surface area contributed by atoms with Crippen LogP contribution in [0.5, 0.6) is 0 Å². The molecule has 0 bridgehead atoms. The van der Waals surface area contributed by atoms with Gasteiger partial charge in [-0.1, -0.05) is 12.1 Å². The number of nitro benzene ring substituents is 1. The lowest BCUT2D eigenvalue weighted by Gasteiger charge is -2.27. The van der Waals surface area contributed by atoms with Gasteiger partial charge in [0.1, 0.15) is 5.69 Å². The highest BCUT2D eigenvalue weighted by Gasteiger charge is 2.16. The fourth-order valence-corrected chi connectivity index (χ4v) is 1.91. The maximum atomic E-state index is 10.9. The van der Waals surface area contributed by atoms with Crippen LogP contribution in [0.15, 0.2) is 24.3 Å². The summed E-state index contributed by atoms with van der Waals surface area (Å²) in [7, 11) is 7.81. The van der Waals surface area contributed by atoms with E-state index in [1.165, 1.54) is 6.07 Å². The number of hydrogen-bond acceptors (Lipinski definition) is 5. The van der Waals surface area contributed by atoms with Crippen molar-refractivity contribution >= 4 is 11.4 Å². The van der Waals surface area contributed by atoms with E-state index in [0.717, 1.165) is 6.67 Å². The molecule has 0 unspecified atom stereocenters. The fourth-order valence-electron chi connectivity index (χ4n) is 1.91. The Morgan fingerprint density at radius 2 is 1.72 bits per heavy atom. The molecule has 0 aromatic heterocycles. The second kappa shape index (κ2) is 6.32. The van der Waals surface area contributed by atoms with Gasteiger partial charge in [0.05, 0.1) is 18.3 Å². The van der Waals surface area contributed by atoms with Crippen LogP contribution in [0.25, 0.3) is 0 Å². The average Bonchev–Trinajstić information content (AvgIpc) is 2.27. The van der Waals surface area contributed by atoms with E-state index in [2.05, 4.69) is 4.90 Å². The molecule has 0 aliphatic carbocycles. The lowest BCUT2D eigenvalue weighted by Crippen LogP contribution is -2.38. The highest BCUT2D eigenvalue weighted by molar-refractivity contribution is 5.62. The lowest BCUT2D eigenvalue weighted by atomic mass is 10.2. The van der Waals surface area contributed by atoms with Gasteiger partial charge in [0.25, 0.3) is 5.69 Å². The van der Waals surface area contributed by atoms with Crippen molar-refractivity contribution in [1.82, 2.24) is 9.80 Å². The summed E-state index contributed by atoms with van der Waals surface area (Å²) in [5.74, 6) is 0. The molecular weight excluding hydrogens is 232 g/mol. The van der Waals surface area contributed by atoms with Crippen molar-refractivity contribution in [2.75, 3.05) is 46.4 Å². The molecule has 6 nitrogen and oxygen atoms in total. The van der Waals surface area contributed by atoms with Crippen molar-refractivity contribution in [2.24, 2.45) is 0 Å². The molecule has 0 saturated carbocycles. The van der Waals surface area contributed by atoms with Crippen molar-refractivity contribution < 1.29 is 4.92 Å². The van der Waals surface area contributed by atoms with Gasteiger partial charge in [-0.3, -0.25) is 19.9 Å². The van der Waals surface area contributed by atoms with E-state index in [4.69, 9.17) is 0 Å². The fraction of sp³-hybridized carbons (Fsp3) is 0.500. The molecular formula is C12H20N4O2. The minimum atomic E-state index is -0.349. The molecule has 0 aliphatic rings. The summed E-state index contributed by atoms with van der Waals surface area (Å²) in [6, 6.07) is 6.78. The van der Waals surface area contributed by atoms with Crippen molar-refractivity contribution in [1.29, 1.82) is 0 Å². The molecule has 0 amide bonds. The molecule has 0 spiro atoms. The Kier molecular flexibility index (Phi) is 5.06. The first-order chi connectivity index (χ1) is 8.41. The van der Waals surface area contributed by atoms with E-state index < -0.39 is 0 Å². The summed E-state index contributed by atoms with van der Waals surface area (Å²) in [6.45, 7) is 1.42. The topological polar surface area (TPSA) is 52.9 Å². The SMILES string of the molecule is CN(C)CN(C)CN(C)c1ccccc1[N+](=O)[O-]. The first kappa shape index (κ1) is 14.4. The van der Waals surface area contributed by atoms with Crippen LogP contribution < -0.4 is 4.90 Å². The van der Waals surface area contributed by atoms with Crippen LogP contribution in [0, 0.1) is 10.1 Å². The molecule has 0 fully saturated rings. The summed E-state index contributed by atoms with van der Waals surface area (Å²) in [5, 5.41) is 10.9. The zero-order valence-electron chi connectivity index (χ0n) is 11.3. The zero-order chi connectivity index (χ0) is 13.7. The maximum absolute atomic E-state index is 10.9. The molecule has 0 atom stereocenters. The predicted molar refractivity (Wildman–Crippen MR) is 72.7 cm³/mol. The molecule has 6 heteroatoms. The van der Waals surface area contributed by atoms with Gasteiger partial charge in [-0.15, -0.1) is 0 Å².